The highest BCUT2D eigenvalue weighted by Crippen LogP contribution is 2.29. The Hall–Kier alpha value is -4.17. The molecule has 2 amide bonds. The average Bonchev–Trinajstić information content (AvgIpc) is 3.43. The number of rotatable bonds is 5. The minimum Gasteiger partial charge on any atom is -0.361 e. The Bertz CT molecular complexity index is 1380. The molecule has 7 nitrogen and oxygen atoms in total. The number of aliphatic imine (C=N–C) groups is 1. The number of hydrogen-bond donors (Lipinski definition) is 2. The van der Waals surface area contributed by atoms with Gasteiger partial charge in [-0.05, 0) is 59.5 Å². The van der Waals surface area contributed by atoms with E-state index in [9.17, 15) is 9.59 Å². The van der Waals surface area contributed by atoms with Crippen molar-refractivity contribution in [1.29, 1.82) is 0 Å². The first-order valence-corrected chi connectivity index (χ1v) is 11.3. The second kappa shape index (κ2) is 9.13. The smallest absolute Gasteiger partial charge is 0.283 e. The van der Waals surface area contributed by atoms with E-state index in [2.05, 4.69) is 20.3 Å². The van der Waals surface area contributed by atoms with Crippen LogP contribution in [0.5, 0.6) is 0 Å². The monoisotopic (exact) mass is 453 g/mol. The van der Waals surface area contributed by atoms with Crippen LogP contribution in [0.1, 0.15) is 5.56 Å². The summed E-state index contributed by atoms with van der Waals surface area (Å²) in [6.07, 6.45) is 6.90. The highest BCUT2D eigenvalue weighted by Gasteiger charge is 2.32. The molecule has 3 heterocycles. The molecule has 4 aromatic rings. The minimum absolute atomic E-state index is 0.112. The summed E-state index contributed by atoms with van der Waals surface area (Å²) in [6.45, 7) is 0. The van der Waals surface area contributed by atoms with E-state index in [4.69, 9.17) is 0 Å². The Morgan fingerprint density at radius 3 is 2.70 bits per heavy atom. The first-order chi connectivity index (χ1) is 16.2. The molecule has 0 fully saturated rings. The summed E-state index contributed by atoms with van der Waals surface area (Å²) in [4.78, 5) is 39.0. The molecule has 5 rings (SSSR count). The van der Waals surface area contributed by atoms with Crippen LogP contribution in [0.15, 0.2) is 96.0 Å². The molecule has 0 aliphatic carbocycles. The number of pyridine rings is 1. The molecule has 2 N–H and O–H groups in total. The summed E-state index contributed by atoms with van der Waals surface area (Å²) in [5.41, 5.74) is 3.49. The lowest BCUT2D eigenvalue weighted by Crippen LogP contribution is -2.31. The van der Waals surface area contributed by atoms with Crippen LogP contribution in [-0.4, -0.2) is 32.7 Å². The van der Waals surface area contributed by atoms with Gasteiger partial charge in [0.05, 0.1) is 11.4 Å². The third kappa shape index (κ3) is 4.56. The van der Waals surface area contributed by atoms with E-state index < -0.39 is 0 Å². The van der Waals surface area contributed by atoms with Crippen LogP contribution in [0, 0.1) is 0 Å². The molecule has 0 atom stereocenters. The Labute approximate surface area is 194 Å². The first kappa shape index (κ1) is 20.7. The van der Waals surface area contributed by atoms with E-state index in [1.807, 2.05) is 72.9 Å². The van der Waals surface area contributed by atoms with Crippen molar-refractivity contribution in [3.63, 3.8) is 0 Å². The summed E-state index contributed by atoms with van der Waals surface area (Å²) in [7, 11) is 0. The topological polar surface area (TPSA) is 90.4 Å². The number of anilines is 2. The standard InChI is InChI=1S/C25H19N5O2S/c31-23(28-19-7-6-18-10-13-27-21(18)15-19)16-33-25-29-22(14-17-8-11-26-12-9-17)24(32)30(25)20-4-2-1-3-5-20/h1-15,27H,16H2,(H,28,31)/b22-14-. The van der Waals surface area contributed by atoms with Gasteiger partial charge < -0.3 is 10.3 Å². The van der Waals surface area contributed by atoms with Gasteiger partial charge in [-0.25, -0.2) is 4.99 Å². The lowest BCUT2D eigenvalue weighted by molar-refractivity contribution is -0.114. The molecule has 2 aromatic heterocycles. The zero-order valence-corrected chi connectivity index (χ0v) is 18.3. The molecule has 1 aliphatic heterocycles. The van der Waals surface area contributed by atoms with Crippen molar-refractivity contribution in [1.82, 2.24) is 9.97 Å². The number of amides is 2. The molecule has 162 valence electrons. The maximum Gasteiger partial charge on any atom is 0.283 e. The van der Waals surface area contributed by atoms with Crippen molar-refractivity contribution < 1.29 is 9.59 Å². The molecule has 0 saturated heterocycles. The number of aromatic amines is 1. The highest BCUT2D eigenvalue weighted by molar-refractivity contribution is 8.14. The number of aromatic nitrogens is 2. The fourth-order valence-corrected chi connectivity index (χ4v) is 4.28. The lowest BCUT2D eigenvalue weighted by Gasteiger charge is -2.17. The summed E-state index contributed by atoms with van der Waals surface area (Å²) in [5.74, 6) is -0.306. The molecule has 0 spiro atoms. The fourth-order valence-electron chi connectivity index (χ4n) is 3.47. The summed E-state index contributed by atoms with van der Waals surface area (Å²) >= 11 is 1.22. The van der Waals surface area contributed by atoms with E-state index in [1.165, 1.54) is 16.7 Å². The molecule has 0 unspecified atom stereocenters. The van der Waals surface area contributed by atoms with Crippen LogP contribution in [0.2, 0.25) is 0 Å². The predicted octanol–water partition coefficient (Wildman–Crippen LogP) is 4.68. The molecule has 0 radical (unpaired) electrons. The number of amidine groups is 1. The molecule has 2 aromatic carbocycles. The second-order valence-corrected chi connectivity index (χ2v) is 8.24. The van der Waals surface area contributed by atoms with Crippen LogP contribution < -0.4 is 10.2 Å². The summed E-state index contributed by atoms with van der Waals surface area (Å²) in [6, 6.07) is 20.6. The third-order valence-corrected chi connectivity index (χ3v) is 5.96. The number of fused-ring (bicyclic) bond motifs is 1. The van der Waals surface area contributed by atoms with Gasteiger partial charge in [0.25, 0.3) is 5.91 Å². The van der Waals surface area contributed by atoms with Gasteiger partial charge in [-0.1, -0.05) is 36.0 Å². The Morgan fingerprint density at radius 1 is 1.06 bits per heavy atom. The number of nitrogens with one attached hydrogen (secondary N) is 2. The molecular weight excluding hydrogens is 434 g/mol. The number of carbonyl (C=O) groups is 2. The summed E-state index contributed by atoms with van der Waals surface area (Å²) < 4.78 is 0. The number of nitrogens with zero attached hydrogens (tertiary/aromatic N) is 3. The minimum atomic E-state index is -0.238. The number of H-pyrrole nitrogens is 1. The predicted molar refractivity (Wildman–Crippen MR) is 133 cm³/mol. The number of hydrogen-bond acceptors (Lipinski definition) is 5. The van der Waals surface area contributed by atoms with Gasteiger partial charge in [-0.2, -0.15) is 0 Å². The van der Waals surface area contributed by atoms with Crippen molar-refractivity contribution in [2.45, 2.75) is 0 Å². The van der Waals surface area contributed by atoms with Crippen LogP contribution in [-0.2, 0) is 9.59 Å². The van der Waals surface area contributed by atoms with Crippen LogP contribution in [0.3, 0.4) is 0 Å². The largest absolute Gasteiger partial charge is 0.361 e. The van der Waals surface area contributed by atoms with Crippen molar-refractivity contribution >= 4 is 57.1 Å². The molecule has 0 saturated carbocycles. The molecule has 33 heavy (non-hydrogen) atoms. The van der Waals surface area contributed by atoms with Crippen LogP contribution in [0.4, 0.5) is 11.4 Å². The van der Waals surface area contributed by atoms with E-state index in [1.54, 1.807) is 18.5 Å². The number of benzene rings is 2. The Kier molecular flexibility index (Phi) is 5.73. The first-order valence-electron chi connectivity index (χ1n) is 10.3. The van der Waals surface area contributed by atoms with Crippen molar-refractivity contribution in [2.75, 3.05) is 16.0 Å². The van der Waals surface area contributed by atoms with Gasteiger partial charge >= 0.3 is 0 Å². The zero-order chi connectivity index (χ0) is 22.6. The Balaban J connectivity index is 1.35. The quantitative estimate of drug-likeness (QED) is 0.430. The maximum atomic E-state index is 13.2. The number of thioether (sulfide) groups is 1. The fraction of sp³-hybridized carbons (Fsp3) is 0.0400. The maximum absolute atomic E-state index is 13.2. The molecular formula is C25H19N5O2S. The van der Waals surface area contributed by atoms with E-state index in [0.717, 1.165) is 16.5 Å². The van der Waals surface area contributed by atoms with Gasteiger partial charge in [0.1, 0.15) is 5.70 Å². The SMILES string of the molecule is O=C(CSC1=N/C(=C\c2ccncc2)C(=O)N1c1ccccc1)Nc1ccc2cc[nH]c2c1. The van der Waals surface area contributed by atoms with E-state index in [-0.39, 0.29) is 17.6 Å². The van der Waals surface area contributed by atoms with Crippen molar-refractivity contribution in [3.8, 4) is 0 Å². The third-order valence-electron chi connectivity index (χ3n) is 5.02. The van der Waals surface area contributed by atoms with E-state index in [0.29, 0.717) is 22.2 Å². The molecule has 0 bridgehead atoms. The number of carbonyl (C=O) groups excluding carboxylic acids is 2. The number of para-hydroxylation sites is 1. The van der Waals surface area contributed by atoms with Gasteiger partial charge in [0, 0.05) is 29.8 Å². The van der Waals surface area contributed by atoms with Gasteiger partial charge in [-0.15, -0.1) is 0 Å². The zero-order valence-electron chi connectivity index (χ0n) is 17.4. The molecule has 1 aliphatic rings. The van der Waals surface area contributed by atoms with Crippen LogP contribution in [0.25, 0.3) is 17.0 Å². The second-order valence-electron chi connectivity index (χ2n) is 7.30. The molecule has 8 heteroatoms. The normalized spacial score (nSPS) is 14.7. The van der Waals surface area contributed by atoms with Gasteiger partial charge in [0.2, 0.25) is 5.91 Å². The average molecular weight is 454 g/mol. The lowest BCUT2D eigenvalue weighted by atomic mass is 10.2. The van der Waals surface area contributed by atoms with E-state index >= 15 is 0 Å². The summed E-state index contributed by atoms with van der Waals surface area (Å²) in [5, 5.41) is 4.44. The van der Waals surface area contributed by atoms with Crippen molar-refractivity contribution in [2.24, 2.45) is 4.99 Å². The van der Waals surface area contributed by atoms with Crippen molar-refractivity contribution in [3.05, 3.63) is 96.6 Å². The Morgan fingerprint density at radius 2 is 1.88 bits per heavy atom. The highest BCUT2D eigenvalue weighted by atomic mass is 32.2. The van der Waals surface area contributed by atoms with Gasteiger partial charge in [0.15, 0.2) is 5.17 Å². The van der Waals surface area contributed by atoms with Gasteiger partial charge in [-0.3, -0.25) is 19.5 Å². The van der Waals surface area contributed by atoms with Crippen LogP contribution >= 0.6 is 11.8 Å².